The predicted molar refractivity (Wildman–Crippen MR) is 139 cm³/mol. The van der Waals surface area contributed by atoms with Crippen molar-refractivity contribution in [2.75, 3.05) is 18.0 Å². The molecule has 0 aliphatic carbocycles. The minimum atomic E-state index is -0.0762. The molecule has 0 N–H and O–H groups in total. The number of halogens is 1. The summed E-state index contributed by atoms with van der Waals surface area (Å²) in [5.74, 6) is 0. The molecule has 3 heteroatoms. The third-order valence-electron chi connectivity index (χ3n) is 7.02. The van der Waals surface area contributed by atoms with Crippen LogP contribution in [0.1, 0.15) is 52.7 Å². The Balaban J connectivity index is 1.66. The summed E-state index contributed by atoms with van der Waals surface area (Å²) in [7, 11) is 0. The summed E-state index contributed by atoms with van der Waals surface area (Å²) in [4.78, 5) is 2.37. The fraction of sp³-hybridized carbons (Fsp3) is 0.345. The lowest BCUT2D eigenvalue weighted by Gasteiger charge is -2.26. The Hall–Kier alpha value is -2.58. The molecule has 166 valence electrons. The Morgan fingerprint density at radius 2 is 1.59 bits per heavy atom. The van der Waals surface area contributed by atoms with Gasteiger partial charge in [0, 0.05) is 46.1 Å². The van der Waals surface area contributed by atoms with Crippen LogP contribution < -0.4 is 4.90 Å². The second-order valence-corrected chi connectivity index (χ2v) is 10.0. The van der Waals surface area contributed by atoms with Crippen molar-refractivity contribution in [2.24, 2.45) is 0 Å². The number of allylic oxidation sites excluding steroid dienone is 6. The molecule has 32 heavy (non-hydrogen) atoms. The molecule has 0 saturated heterocycles. The molecular formula is C29H34ClN2+. The van der Waals surface area contributed by atoms with Gasteiger partial charge in [-0.3, -0.25) is 0 Å². The van der Waals surface area contributed by atoms with E-state index in [1.807, 2.05) is 6.08 Å². The maximum absolute atomic E-state index is 6.75. The van der Waals surface area contributed by atoms with Gasteiger partial charge in [0.2, 0.25) is 5.69 Å². The van der Waals surface area contributed by atoms with Crippen LogP contribution in [-0.2, 0) is 10.8 Å². The quantitative estimate of drug-likeness (QED) is 0.342. The van der Waals surface area contributed by atoms with Gasteiger partial charge in [0.25, 0.3) is 0 Å². The fourth-order valence-electron chi connectivity index (χ4n) is 5.33. The Labute approximate surface area is 198 Å². The molecule has 0 fully saturated rings. The lowest BCUT2D eigenvalue weighted by molar-refractivity contribution is -0.433. The smallest absolute Gasteiger partial charge is 0.209 e. The molecular weight excluding hydrogens is 412 g/mol. The fourth-order valence-corrected chi connectivity index (χ4v) is 5.51. The molecule has 2 aliphatic heterocycles. The highest BCUT2D eigenvalue weighted by molar-refractivity contribution is 6.31. The van der Waals surface area contributed by atoms with Crippen LogP contribution in [0, 0.1) is 0 Å². The summed E-state index contributed by atoms with van der Waals surface area (Å²) in [6.45, 7) is 15.4. The zero-order valence-corrected chi connectivity index (χ0v) is 20.9. The van der Waals surface area contributed by atoms with Crippen molar-refractivity contribution in [1.82, 2.24) is 0 Å². The van der Waals surface area contributed by atoms with E-state index < -0.39 is 0 Å². The van der Waals surface area contributed by atoms with E-state index in [9.17, 15) is 0 Å². The molecule has 0 atom stereocenters. The number of nitrogens with zero attached hydrogens (tertiary/aromatic N) is 2. The van der Waals surface area contributed by atoms with E-state index >= 15 is 0 Å². The van der Waals surface area contributed by atoms with E-state index in [4.69, 9.17) is 11.6 Å². The van der Waals surface area contributed by atoms with Gasteiger partial charge in [0.1, 0.15) is 6.54 Å². The third-order valence-corrected chi connectivity index (χ3v) is 7.25. The molecule has 0 bridgehead atoms. The minimum absolute atomic E-state index is 0.0318. The van der Waals surface area contributed by atoms with Gasteiger partial charge in [-0.25, -0.2) is 0 Å². The van der Waals surface area contributed by atoms with Crippen LogP contribution in [0.5, 0.6) is 0 Å². The van der Waals surface area contributed by atoms with Crippen LogP contribution in [0.25, 0.3) is 0 Å². The third kappa shape index (κ3) is 3.55. The van der Waals surface area contributed by atoms with Crippen molar-refractivity contribution in [3.63, 3.8) is 0 Å². The molecule has 0 spiro atoms. The SMILES string of the molecule is CCN1C(=CC(Cl)=CC=CC2=[N+](CC)c3ccccc3C2(C)C)C(C)(C)c2ccccc21. The van der Waals surface area contributed by atoms with E-state index in [1.54, 1.807) is 0 Å². The van der Waals surface area contributed by atoms with Gasteiger partial charge in [0.15, 0.2) is 5.71 Å². The summed E-state index contributed by atoms with van der Waals surface area (Å²) in [6.07, 6.45) is 8.46. The Morgan fingerprint density at radius 1 is 0.938 bits per heavy atom. The lowest BCUT2D eigenvalue weighted by atomic mass is 9.81. The largest absolute Gasteiger partial charge is 0.344 e. The molecule has 2 aliphatic rings. The van der Waals surface area contributed by atoms with Crippen LogP contribution in [0.2, 0.25) is 0 Å². The van der Waals surface area contributed by atoms with Gasteiger partial charge >= 0.3 is 0 Å². The summed E-state index contributed by atoms with van der Waals surface area (Å²) in [6, 6.07) is 17.4. The van der Waals surface area contributed by atoms with E-state index in [-0.39, 0.29) is 10.8 Å². The van der Waals surface area contributed by atoms with Crippen molar-refractivity contribution in [3.05, 3.63) is 94.7 Å². The van der Waals surface area contributed by atoms with Crippen molar-refractivity contribution < 1.29 is 4.58 Å². The zero-order valence-electron chi connectivity index (χ0n) is 20.1. The maximum Gasteiger partial charge on any atom is 0.209 e. The first-order chi connectivity index (χ1) is 15.2. The molecule has 2 nitrogen and oxygen atoms in total. The topological polar surface area (TPSA) is 6.25 Å². The molecule has 0 aromatic heterocycles. The number of hydrogen-bond acceptors (Lipinski definition) is 1. The van der Waals surface area contributed by atoms with E-state index in [0.29, 0.717) is 0 Å². The number of hydrogen-bond donors (Lipinski definition) is 0. The van der Waals surface area contributed by atoms with Crippen LogP contribution in [0.4, 0.5) is 11.4 Å². The highest BCUT2D eigenvalue weighted by Crippen LogP contribution is 2.47. The predicted octanol–water partition coefficient (Wildman–Crippen LogP) is 7.46. The standard InChI is InChI=1S/C29H34ClN2/c1-7-31-24-17-11-9-15-22(24)28(3,4)26(31)19-13-14-21(30)20-27-29(5,6)23-16-10-12-18-25(23)32(27)8-2/h9-20H,7-8H2,1-6H3/q+1. The molecule has 2 heterocycles. The number of anilines is 1. The average Bonchev–Trinajstić information content (AvgIpc) is 3.13. The van der Waals surface area contributed by atoms with E-state index in [2.05, 4.69) is 118 Å². The molecule has 0 saturated carbocycles. The van der Waals surface area contributed by atoms with Gasteiger partial charge in [-0.1, -0.05) is 67.9 Å². The number of likely N-dealkylation sites (N-methyl/N-ethyl adjacent to an activating group) is 1. The van der Waals surface area contributed by atoms with Crippen LogP contribution in [0.15, 0.2) is 83.6 Å². The van der Waals surface area contributed by atoms with Crippen molar-refractivity contribution >= 4 is 28.7 Å². The Bertz CT molecular complexity index is 1160. The monoisotopic (exact) mass is 445 g/mol. The molecule has 2 aromatic carbocycles. The van der Waals surface area contributed by atoms with E-state index in [1.165, 1.54) is 33.9 Å². The summed E-state index contributed by atoms with van der Waals surface area (Å²) in [5, 5.41) is 0.743. The second kappa shape index (κ2) is 8.41. The summed E-state index contributed by atoms with van der Waals surface area (Å²) < 4.78 is 2.40. The number of fused-ring (bicyclic) bond motifs is 2. The lowest BCUT2D eigenvalue weighted by Crippen LogP contribution is -2.27. The Kier molecular flexibility index (Phi) is 5.94. The molecule has 0 radical (unpaired) electrons. The van der Waals surface area contributed by atoms with Crippen molar-refractivity contribution in [3.8, 4) is 0 Å². The summed E-state index contributed by atoms with van der Waals surface area (Å²) >= 11 is 6.75. The van der Waals surface area contributed by atoms with Gasteiger partial charge in [0.05, 0.1) is 5.41 Å². The molecule has 4 rings (SSSR count). The van der Waals surface area contributed by atoms with Gasteiger partial charge in [-0.2, -0.15) is 4.58 Å². The average molecular weight is 446 g/mol. The highest BCUT2D eigenvalue weighted by atomic mass is 35.5. The first kappa shape index (κ1) is 22.6. The normalized spacial score (nSPS) is 20.4. The van der Waals surface area contributed by atoms with Gasteiger partial charge in [-0.05, 0) is 51.5 Å². The van der Waals surface area contributed by atoms with Gasteiger partial charge in [-0.15, -0.1) is 0 Å². The minimum Gasteiger partial charge on any atom is -0.344 e. The van der Waals surface area contributed by atoms with Crippen LogP contribution >= 0.6 is 11.6 Å². The molecule has 0 amide bonds. The molecule has 0 unspecified atom stereocenters. The van der Waals surface area contributed by atoms with E-state index in [0.717, 1.165) is 18.1 Å². The zero-order chi connectivity index (χ0) is 23.1. The number of para-hydroxylation sites is 2. The summed E-state index contributed by atoms with van der Waals surface area (Å²) in [5.41, 5.74) is 7.76. The first-order valence-corrected chi connectivity index (χ1v) is 12.0. The highest BCUT2D eigenvalue weighted by Gasteiger charge is 2.43. The van der Waals surface area contributed by atoms with Gasteiger partial charge < -0.3 is 4.90 Å². The number of rotatable bonds is 5. The maximum atomic E-state index is 6.75. The number of benzene rings is 2. The second-order valence-electron chi connectivity index (χ2n) is 9.60. The van der Waals surface area contributed by atoms with Crippen LogP contribution in [-0.4, -0.2) is 23.4 Å². The first-order valence-electron chi connectivity index (χ1n) is 11.6. The Morgan fingerprint density at radius 3 is 2.28 bits per heavy atom. The van der Waals surface area contributed by atoms with Crippen LogP contribution in [0.3, 0.4) is 0 Å². The van der Waals surface area contributed by atoms with Crippen molar-refractivity contribution in [1.29, 1.82) is 0 Å². The molecule has 2 aromatic rings. The van der Waals surface area contributed by atoms with Crippen molar-refractivity contribution in [2.45, 2.75) is 52.4 Å².